The highest BCUT2D eigenvalue weighted by Gasteiger charge is 2.47. The summed E-state index contributed by atoms with van der Waals surface area (Å²) in [6.45, 7) is 6.61. The number of fused-ring (bicyclic) bond motifs is 2. The molecular formula is C24H30ClN7OS2. The Balaban J connectivity index is 0.00000144. The number of piperidine rings is 1. The topological polar surface area (TPSA) is 94.5 Å². The second-order valence-electron chi connectivity index (χ2n) is 9.24. The fourth-order valence-electron chi connectivity index (χ4n) is 5.43. The zero-order valence-electron chi connectivity index (χ0n) is 19.7. The summed E-state index contributed by atoms with van der Waals surface area (Å²) < 4.78 is 7.95. The largest absolute Gasteiger partial charge is 0.376 e. The van der Waals surface area contributed by atoms with Gasteiger partial charge in [-0.05, 0) is 32.8 Å². The highest BCUT2D eigenvalue weighted by atomic mass is 35.5. The number of ether oxygens (including phenoxy) is 1. The smallest absolute Gasteiger partial charge is 0.211 e. The van der Waals surface area contributed by atoms with E-state index in [0.29, 0.717) is 10.5 Å². The minimum absolute atomic E-state index is 0. The Hall–Kier alpha value is -2.11. The minimum Gasteiger partial charge on any atom is -0.376 e. The molecule has 3 aromatic heterocycles. The van der Waals surface area contributed by atoms with E-state index < -0.39 is 0 Å². The summed E-state index contributed by atoms with van der Waals surface area (Å²) in [5, 5.41) is 0.562. The van der Waals surface area contributed by atoms with Gasteiger partial charge in [0.1, 0.15) is 11.2 Å². The van der Waals surface area contributed by atoms with E-state index in [1.807, 2.05) is 31.5 Å². The normalized spacial score (nSPS) is 21.3. The molecule has 2 aliphatic heterocycles. The van der Waals surface area contributed by atoms with Gasteiger partial charge >= 0.3 is 0 Å². The van der Waals surface area contributed by atoms with Crippen molar-refractivity contribution in [2.45, 2.75) is 38.8 Å². The van der Waals surface area contributed by atoms with Gasteiger partial charge in [0.05, 0.1) is 28.9 Å². The van der Waals surface area contributed by atoms with E-state index in [2.05, 4.69) is 31.2 Å². The lowest BCUT2D eigenvalue weighted by molar-refractivity contribution is 0.0973. The lowest BCUT2D eigenvalue weighted by atomic mass is 9.73. The number of nitrogens with two attached hydrogens (primary N) is 1. The fourth-order valence-corrected chi connectivity index (χ4v) is 5.73. The molecule has 0 radical (unpaired) electrons. The molecule has 2 saturated heterocycles. The van der Waals surface area contributed by atoms with Crippen molar-refractivity contribution in [2.75, 3.05) is 24.6 Å². The number of hydrogen-bond acceptors (Lipinski definition) is 7. The van der Waals surface area contributed by atoms with Gasteiger partial charge in [0, 0.05) is 60.5 Å². The van der Waals surface area contributed by atoms with Crippen LogP contribution in [0, 0.1) is 12.3 Å². The highest BCUT2D eigenvalue weighted by molar-refractivity contribution is 7.59. The Morgan fingerprint density at radius 2 is 1.83 bits per heavy atom. The Bertz CT molecular complexity index is 1370. The fraction of sp³-hybridized carbons (Fsp3) is 0.417. The highest BCUT2D eigenvalue weighted by Crippen LogP contribution is 2.42. The zero-order valence-corrected chi connectivity index (χ0v) is 22.5. The first-order valence-electron chi connectivity index (χ1n) is 11.3. The molecule has 2 aliphatic rings. The van der Waals surface area contributed by atoms with Crippen molar-refractivity contribution in [3.8, 4) is 11.1 Å². The molecule has 5 heterocycles. The van der Waals surface area contributed by atoms with Crippen molar-refractivity contribution >= 4 is 61.2 Å². The average Bonchev–Trinajstić information content (AvgIpc) is 3.42. The number of aryl methyl sites for hydroxylation is 1. The molecule has 186 valence electrons. The van der Waals surface area contributed by atoms with Gasteiger partial charge in [-0.3, -0.25) is 14.4 Å². The van der Waals surface area contributed by atoms with Crippen LogP contribution in [-0.4, -0.2) is 56.2 Å². The van der Waals surface area contributed by atoms with Crippen molar-refractivity contribution in [3.05, 3.63) is 47.6 Å². The Morgan fingerprint density at radius 3 is 2.54 bits per heavy atom. The third-order valence-electron chi connectivity index (χ3n) is 7.45. The van der Waals surface area contributed by atoms with Crippen LogP contribution in [0.2, 0.25) is 5.02 Å². The summed E-state index contributed by atoms with van der Waals surface area (Å²) in [5.74, 6) is 0.899. The second kappa shape index (κ2) is 9.74. The van der Waals surface area contributed by atoms with Crippen molar-refractivity contribution in [2.24, 2.45) is 11.1 Å². The summed E-state index contributed by atoms with van der Waals surface area (Å²) >= 11 is 6.80. The maximum atomic E-state index is 6.80. The van der Waals surface area contributed by atoms with Crippen LogP contribution in [0.15, 0.2) is 36.9 Å². The molecule has 35 heavy (non-hydrogen) atoms. The van der Waals surface area contributed by atoms with Crippen LogP contribution in [0.3, 0.4) is 0 Å². The number of benzene rings is 1. The van der Waals surface area contributed by atoms with Crippen LogP contribution in [0.1, 0.15) is 25.5 Å². The maximum Gasteiger partial charge on any atom is 0.211 e. The number of imidazole rings is 1. The van der Waals surface area contributed by atoms with Gasteiger partial charge in [0.15, 0.2) is 0 Å². The maximum absolute atomic E-state index is 6.80. The van der Waals surface area contributed by atoms with Gasteiger partial charge in [-0.15, -0.1) is 0 Å². The van der Waals surface area contributed by atoms with Gasteiger partial charge in [0.2, 0.25) is 5.95 Å². The molecule has 2 atom stereocenters. The Kier molecular flexibility index (Phi) is 7.23. The predicted octanol–water partition coefficient (Wildman–Crippen LogP) is 3.86. The molecule has 0 amide bonds. The minimum atomic E-state index is 0. The number of halogens is 1. The lowest BCUT2D eigenvalue weighted by Crippen LogP contribution is -2.51. The monoisotopic (exact) mass is 531 g/mol. The molecule has 1 aromatic carbocycles. The molecule has 6 rings (SSSR count). The van der Waals surface area contributed by atoms with E-state index in [1.54, 1.807) is 12.4 Å². The first kappa shape index (κ1) is 26.0. The molecule has 11 heteroatoms. The number of rotatable bonds is 2. The summed E-state index contributed by atoms with van der Waals surface area (Å²) in [6.07, 6.45) is 9.20. The van der Waals surface area contributed by atoms with Crippen LogP contribution < -0.4 is 10.6 Å². The van der Waals surface area contributed by atoms with Crippen molar-refractivity contribution in [3.63, 3.8) is 0 Å². The van der Waals surface area contributed by atoms with Crippen LogP contribution in [-0.2, 0) is 4.74 Å². The Morgan fingerprint density at radius 1 is 1.09 bits per heavy atom. The SMILES string of the molecule is Cc1nc(N2CCC3(CC2)CO[C@@H](C)[C@H]3N)n2ccnc2c1-c1ccc2nccnc2c1Cl.S.S. The van der Waals surface area contributed by atoms with E-state index >= 15 is 0 Å². The van der Waals surface area contributed by atoms with E-state index in [-0.39, 0.29) is 44.6 Å². The number of anilines is 1. The molecule has 0 bridgehead atoms. The van der Waals surface area contributed by atoms with Gasteiger partial charge in [-0.2, -0.15) is 27.0 Å². The summed E-state index contributed by atoms with van der Waals surface area (Å²) in [5.41, 5.74) is 11.5. The third kappa shape index (κ3) is 4.05. The van der Waals surface area contributed by atoms with Crippen molar-refractivity contribution in [1.29, 1.82) is 0 Å². The zero-order chi connectivity index (χ0) is 22.7. The molecular weight excluding hydrogens is 502 g/mol. The summed E-state index contributed by atoms with van der Waals surface area (Å²) in [7, 11) is 0. The summed E-state index contributed by atoms with van der Waals surface area (Å²) in [4.78, 5) is 20.8. The van der Waals surface area contributed by atoms with Crippen molar-refractivity contribution < 1.29 is 4.74 Å². The van der Waals surface area contributed by atoms with E-state index in [9.17, 15) is 0 Å². The molecule has 4 aromatic rings. The number of aromatic nitrogens is 5. The third-order valence-corrected chi connectivity index (χ3v) is 7.83. The van der Waals surface area contributed by atoms with Crippen LogP contribution in [0.5, 0.6) is 0 Å². The predicted molar refractivity (Wildman–Crippen MR) is 149 cm³/mol. The number of nitrogens with zero attached hydrogens (tertiary/aromatic N) is 6. The number of hydrogen-bond donors (Lipinski definition) is 1. The molecule has 0 unspecified atom stereocenters. The quantitative estimate of drug-likeness (QED) is 0.419. The van der Waals surface area contributed by atoms with Gasteiger partial charge in [-0.1, -0.05) is 17.7 Å². The van der Waals surface area contributed by atoms with Gasteiger partial charge in [-0.25, -0.2) is 9.97 Å². The first-order valence-corrected chi connectivity index (χ1v) is 11.7. The lowest BCUT2D eigenvalue weighted by Gasteiger charge is -2.41. The van der Waals surface area contributed by atoms with Gasteiger partial charge in [0.25, 0.3) is 0 Å². The Labute approximate surface area is 223 Å². The molecule has 0 saturated carbocycles. The van der Waals surface area contributed by atoms with Crippen LogP contribution >= 0.6 is 38.6 Å². The van der Waals surface area contributed by atoms with E-state index in [4.69, 9.17) is 27.1 Å². The van der Waals surface area contributed by atoms with Crippen molar-refractivity contribution in [1.82, 2.24) is 24.3 Å². The molecule has 8 nitrogen and oxygen atoms in total. The average molecular weight is 532 g/mol. The second-order valence-corrected chi connectivity index (χ2v) is 9.61. The van der Waals surface area contributed by atoms with Crippen LogP contribution in [0.4, 0.5) is 5.95 Å². The summed E-state index contributed by atoms with van der Waals surface area (Å²) in [6, 6.07) is 4.00. The molecule has 2 fully saturated rings. The molecule has 0 aliphatic carbocycles. The first-order chi connectivity index (χ1) is 16.0. The molecule has 1 spiro atoms. The molecule has 2 N–H and O–H groups in total. The van der Waals surface area contributed by atoms with E-state index in [0.717, 1.165) is 66.5 Å². The van der Waals surface area contributed by atoms with E-state index in [1.165, 1.54) is 0 Å². The van der Waals surface area contributed by atoms with Crippen LogP contribution in [0.25, 0.3) is 27.8 Å². The standard InChI is InChI=1S/C24H26ClN7O.2H2S/c1-14-18(16-3-4-17-20(19(16)25)28-8-7-27-17)22-29-9-12-32(22)23(30-14)31-10-5-24(6-11-31)13-33-15(2)21(24)26;;/h3-4,7-9,12,15,21H,5-6,10-11,13,26H2,1-2H3;2*1H2/t15-,21+;;/m0../s1. The van der Waals surface area contributed by atoms with Gasteiger partial charge < -0.3 is 15.4 Å².